The largest absolute Gasteiger partial charge is 0.478 e. The summed E-state index contributed by atoms with van der Waals surface area (Å²) >= 11 is 0. The molecule has 0 unspecified atom stereocenters. The number of hydrogen-bond acceptors (Lipinski definition) is 4. The van der Waals surface area contributed by atoms with Crippen molar-refractivity contribution in [1.29, 1.82) is 0 Å². The summed E-state index contributed by atoms with van der Waals surface area (Å²) in [4.78, 5) is 20.5. The highest BCUT2D eigenvalue weighted by Gasteiger charge is 2.03. The molecule has 0 radical (unpaired) electrons. The molecular formula is C12H20O5. The van der Waals surface area contributed by atoms with Crippen molar-refractivity contribution in [2.24, 2.45) is 0 Å². The summed E-state index contributed by atoms with van der Waals surface area (Å²) in [6, 6.07) is 0. The van der Waals surface area contributed by atoms with Gasteiger partial charge in [-0.3, -0.25) is 0 Å². The minimum absolute atomic E-state index is 0.0943. The Morgan fingerprint density at radius 2 is 1.71 bits per heavy atom. The quantitative estimate of drug-likeness (QED) is 0.546. The molecule has 0 aromatic carbocycles. The molecule has 0 rings (SSSR count). The van der Waals surface area contributed by atoms with Crippen LogP contribution in [-0.2, 0) is 14.3 Å². The van der Waals surface area contributed by atoms with Gasteiger partial charge in [-0.2, -0.15) is 0 Å². The van der Waals surface area contributed by atoms with Gasteiger partial charge >= 0.3 is 11.9 Å². The number of hydrogen-bond donors (Lipinski definition) is 2. The lowest BCUT2D eigenvalue weighted by atomic mass is 10.2. The van der Waals surface area contributed by atoms with Crippen molar-refractivity contribution in [3.05, 3.63) is 24.3 Å². The molecule has 0 amide bonds. The van der Waals surface area contributed by atoms with E-state index in [0.29, 0.717) is 18.6 Å². The maximum Gasteiger partial charge on any atom is 0.335 e. The van der Waals surface area contributed by atoms with Crippen LogP contribution < -0.4 is 0 Å². The number of carbonyl (C=O) groups is 2. The zero-order valence-electron chi connectivity index (χ0n) is 10.4. The normalized spacial score (nSPS) is 8.65. The van der Waals surface area contributed by atoms with Crippen molar-refractivity contribution in [3.8, 4) is 0 Å². The van der Waals surface area contributed by atoms with Gasteiger partial charge in [0.15, 0.2) is 0 Å². The number of aliphatic hydroxyl groups is 1. The lowest BCUT2D eigenvalue weighted by molar-refractivity contribution is -0.139. The molecule has 0 aromatic rings. The standard InChI is InChI=1S/C6H10O3.C6H10O2/c1-3-9-6(8)5(2)4-7;1-3-4-5(2)6(7)8/h7H,2-4H2,1H3;2-4H2,1H3,(H,7,8). The average Bonchev–Trinajstić information content (AvgIpc) is 2.29. The van der Waals surface area contributed by atoms with E-state index in [9.17, 15) is 9.59 Å². The zero-order chi connectivity index (χ0) is 13.8. The van der Waals surface area contributed by atoms with E-state index in [1.54, 1.807) is 6.92 Å². The fourth-order valence-corrected chi connectivity index (χ4v) is 0.706. The number of rotatable bonds is 6. The second-order valence-corrected chi connectivity index (χ2v) is 3.14. The number of ether oxygens (including phenoxy) is 1. The molecule has 0 spiro atoms. The van der Waals surface area contributed by atoms with Crippen LogP contribution in [-0.4, -0.2) is 35.4 Å². The number of aliphatic hydroxyl groups excluding tert-OH is 1. The highest BCUT2D eigenvalue weighted by atomic mass is 16.5. The molecule has 0 aromatic heterocycles. The molecule has 0 atom stereocenters. The lowest BCUT2D eigenvalue weighted by Crippen LogP contribution is -2.08. The molecule has 0 aliphatic rings. The van der Waals surface area contributed by atoms with Gasteiger partial charge in [0.05, 0.1) is 18.8 Å². The van der Waals surface area contributed by atoms with Crippen molar-refractivity contribution in [2.45, 2.75) is 26.7 Å². The Morgan fingerprint density at radius 1 is 1.18 bits per heavy atom. The van der Waals surface area contributed by atoms with Crippen LogP contribution in [0.25, 0.3) is 0 Å². The van der Waals surface area contributed by atoms with Crippen molar-refractivity contribution in [1.82, 2.24) is 0 Å². The van der Waals surface area contributed by atoms with E-state index in [-0.39, 0.29) is 12.2 Å². The monoisotopic (exact) mass is 244 g/mol. The third-order valence-corrected chi connectivity index (χ3v) is 1.61. The van der Waals surface area contributed by atoms with E-state index < -0.39 is 11.9 Å². The first-order valence-electron chi connectivity index (χ1n) is 5.27. The Morgan fingerprint density at radius 3 is 1.94 bits per heavy atom. The van der Waals surface area contributed by atoms with Gasteiger partial charge < -0.3 is 14.9 Å². The highest BCUT2D eigenvalue weighted by molar-refractivity contribution is 5.87. The summed E-state index contributed by atoms with van der Waals surface area (Å²) in [6.07, 6.45) is 1.44. The summed E-state index contributed by atoms with van der Waals surface area (Å²) < 4.78 is 4.50. The smallest absolute Gasteiger partial charge is 0.335 e. The van der Waals surface area contributed by atoms with E-state index in [0.717, 1.165) is 6.42 Å². The minimum Gasteiger partial charge on any atom is -0.478 e. The van der Waals surface area contributed by atoms with Gasteiger partial charge in [-0.1, -0.05) is 26.5 Å². The van der Waals surface area contributed by atoms with E-state index in [2.05, 4.69) is 17.9 Å². The third kappa shape index (κ3) is 10.7. The summed E-state index contributed by atoms with van der Waals surface area (Å²) in [5.74, 6) is -1.41. The summed E-state index contributed by atoms with van der Waals surface area (Å²) in [7, 11) is 0. The predicted molar refractivity (Wildman–Crippen MR) is 64.5 cm³/mol. The predicted octanol–water partition coefficient (Wildman–Crippen LogP) is 1.53. The number of carboxylic acids is 1. The molecule has 0 heterocycles. The SMILES string of the molecule is C=C(CCC)C(=O)O.C=C(CO)C(=O)OCC. The molecule has 17 heavy (non-hydrogen) atoms. The van der Waals surface area contributed by atoms with Crippen molar-refractivity contribution in [3.63, 3.8) is 0 Å². The van der Waals surface area contributed by atoms with Gasteiger partial charge in [0.1, 0.15) is 0 Å². The van der Waals surface area contributed by atoms with Crippen LogP contribution in [0.15, 0.2) is 24.3 Å². The highest BCUT2D eigenvalue weighted by Crippen LogP contribution is 1.99. The average molecular weight is 244 g/mol. The Labute approximate surface area is 101 Å². The van der Waals surface area contributed by atoms with Crippen LogP contribution in [0.3, 0.4) is 0 Å². The first-order valence-corrected chi connectivity index (χ1v) is 5.27. The Bertz CT molecular complexity index is 281. The molecule has 0 fully saturated rings. The molecule has 0 aliphatic heterocycles. The zero-order valence-corrected chi connectivity index (χ0v) is 10.4. The Kier molecular flexibility index (Phi) is 11.4. The molecule has 0 saturated carbocycles. The topological polar surface area (TPSA) is 83.8 Å². The molecule has 5 heteroatoms. The van der Waals surface area contributed by atoms with Crippen molar-refractivity contribution < 1.29 is 24.5 Å². The van der Waals surface area contributed by atoms with Crippen LogP contribution in [0.4, 0.5) is 0 Å². The Hall–Kier alpha value is -1.62. The molecule has 0 aliphatic carbocycles. The fourth-order valence-electron chi connectivity index (χ4n) is 0.706. The van der Waals surface area contributed by atoms with Gasteiger partial charge in [0, 0.05) is 5.57 Å². The molecule has 5 nitrogen and oxygen atoms in total. The van der Waals surface area contributed by atoms with E-state index in [1.165, 1.54) is 0 Å². The van der Waals surface area contributed by atoms with Crippen LogP contribution in [0.1, 0.15) is 26.7 Å². The second-order valence-electron chi connectivity index (χ2n) is 3.14. The summed E-state index contributed by atoms with van der Waals surface area (Å²) in [5, 5.41) is 16.5. The van der Waals surface area contributed by atoms with Gasteiger partial charge in [-0.15, -0.1) is 0 Å². The van der Waals surface area contributed by atoms with Gasteiger partial charge in [0.25, 0.3) is 0 Å². The summed E-state index contributed by atoms with van der Waals surface area (Å²) in [6.45, 7) is 10.2. The number of carboxylic acid groups (broad SMARTS) is 1. The van der Waals surface area contributed by atoms with E-state index >= 15 is 0 Å². The number of carbonyl (C=O) groups excluding carboxylic acids is 1. The minimum atomic E-state index is -0.883. The van der Waals surface area contributed by atoms with Gasteiger partial charge in [-0.05, 0) is 13.3 Å². The lowest BCUT2D eigenvalue weighted by Gasteiger charge is -1.99. The first-order chi connectivity index (χ1) is 7.90. The maximum absolute atomic E-state index is 10.5. The van der Waals surface area contributed by atoms with Crippen LogP contribution in [0.2, 0.25) is 0 Å². The number of esters is 1. The van der Waals surface area contributed by atoms with Crippen LogP contribution in [0, 0.1) is 0 Å². The third-order valence-electron chi connectivity index (χ3n) is 1.61. The first kappa shape index (κ1) is 17.8. The fraction of sp³-hybridized carbons (Fsp3) is 0.500. The molecule has 98 valence electrons. The van der Waals surface area contributed by atoms with E-state index in [1.807, 2.05) is 6.92 Å². The van der Waals surface area contributed by atoms with Crippen LogP contribution >= 0.6 is 0 Å². The molecule has 2 N–H and O–H groups in total. The maximum atomic E-state index is 10.5. The van der Waals surface area contributed by atoms with Gasteiger partial charge in [0.2, 0.25) is 0 Å². The number of aliphatic carboxylic acids is 1. The van der Waals surface area contributed by atoms with Gasteiger partial charge in [-0.25, -0.2) is 9.59 Å². The molecule has 0 bridgehead atoms. The van der Waals surface area contributed by atoms with Crippen molar-refractivity contribution in [2.75, 3.05) is 13.2 Å². The second kappa shape index (κ2) is 10.9. The van der Waals surface area contributed by atoms with Crippen LogP contribution in [0.5, 0.6) is 0 Å². The molecular weight excluding hydrogens is 224 g/mol. The molecule has 0 saturated heterocycles. The Balaban J connectivity index is 0. The van der Waals surface area contributed by atoms with E-state index in [4.69, 9.17) is 10.2 Å². The summed E-state index contributed by atoms with van der Waals surface area (Å²) in [5.41, 5.74) is 0.393. The van der Waals surface area contributed by atoms with Crippen molar-refractivity contribution >= 4 is 11.9 Å².